The number of rotatable bonds is 6. The van der Waals surface area contributed by atoms with E-state index in [2.05, 4.69) is 42.4 Å². The van der Waals surface area contributed by atoms with Gasteiger partial charge in [0, 0.05) is 10.0 Å². The Bertz CT molecular complexity index is 763. The Hall–Kier alpha value is -1.86. The van der Waals surface area contributed by atoms with Crippen molar-refractivity contribution in [2.45, 2.75) is 6.92 Å². The fourth-order valence-electron chi connectivity index (χ4n) is 1.88. The van der Waals surface area contributed by atoms with Crippen LogP contribution >= 0.6 is 31.9 Å². The summed E-state index contributed by atoms with van der Waals surface area (Å²) in [6, 6.07) is 11.2. The summed E-state index contributed by atoms with van der Waals surface area (Å²) >= 11 is 6.78. The van der Waals surface area contributed by atoms with E-state index in [0.29, 0.717) is 11.5 Å². The van der Waals surface area contributed by atoms with Crippen LogP contribution in [0, 0.1) is 6.92 Å². The highest BCUT2D eigenvalue weighted by Crippen LogP contribution is 2.25. The van der Waals surface area contributed by atoms with Crippen molar-refractivity contribution in [3.63, 3.8) is 0 Å². The van der Waals surface area contributed by atoms with E-state index in [1.54, 1.807) is 7.11 Å². The number of hydrogen-bond donors (Lipinski definition) is 1. The molecular formula is C17H16Br2N2O3. The molecule has 0 aliphatic carbocycles. The Morgan fingerprint density at radius 2 is 1.96 bits per heavy atom. The zero-order valence-electron chi connectivity index (χ0n) is 13.2. The monoisotopic (exact) mass is 454 g/mol. The van der Waals surface area contributed by atoms with E-state index in [9.17, 15) is 4.79 Å². The van der Waals surface area contributed by atoms with E-state index in [1.165, 1.54) is 6.21 Å². The Labute approximate surface area is 157 Å². The van der Waals surface area contributed by atoms with E-state index in [0.717, 1.165) is 20.1 Å². The van der Waals surface area contributed by atoms with Crippen LogP contribution < -0.4 is 14.9 Å². The molecule has 0 saturated carbocycles. The number of carbonyl (C=O) groups excluding carboxylic acids is 1. The summed E-state index contributed by atoms with van der Waals surface area (Å²) < 4.78 is 12.4. The molecule has 0 bridgehead atoms. The molecule has 1 amide bonds. The molecule has 0 aliphatic rings. The maximum Gasteiger partial charge on any atom is 0.277 e. The molecule has 24 heavy (non-hydrogen) atoms. The maximum atomic E-state index is 11.8. The number of hydrogen-bond acceptors (Lipinski definition) is 4. The maximum absolute atomic E-state index is 11.8. The van der Waals surface area contributed by atoms with Crippen LogP contribution in [0.1, 0.15) is 11.1 Å². The molecule has 0 unspecified atom stereocenters. The molecule has 2 aromatic rings. The lowest BCUT2D eigenvalue weighted by atomic mass is 10.2. The summed E-state index contributed by atoms with van der Waals surface area (Å²) in [6.45, 7) is 1.85. The van der Waals surface area contributed by atoms with Gasteiger partial charge in [0.1, 0.15) is 11.5 Å². The average Bonchev–Trinajstić information content (AvgIpc) is 2.54. The van der Waals surface area contributed by atoms with Gasteiger partial charge in [-0.3, -0.25) is 4.79 Å². The number of carbonyl (C=O) groups is 1. The van der Waals surface area contributed by atoms with Gasteiger partial charge in [-0.2, -0.15) is 5.10 Å². The van der Waals surface area contributed by atoms with Gasteiger partial charge in [-0.15, -0.1) is 0 Å². The van der Waals surface area contributed by atoms with Crippen molar-refractivity contribution in [2.24, 2.45) is 5.10 Å². The number of ether oxygens (including phenoxy) is 2. The minimum atomic E-state index is -0.354. The van der Waals surface area contributed by atoms with E-state index in [1.807, 2.05) is 43.3 Å². The fourth-order valence-corrected chi connectivity index (χ4v) is 2.86. The summed E-state index contributed by atoms with van der Waals surface area (Å²) in [4.78, 5) is 11.8. The van der Waals surface area contributed by atoms with Crippen molar-refractivity contribution >= 4 is 44.0 Å². The van der Waals surface area contributed by atoms with Gasteiger partial charge >= 0.3 is 0 Å². The zero-order chi connectivity index (χ0) is 17.5. The molecule has 0 aliphatic heterocycles. The van der Waals surface area contributed by atoms with Crippen LogP contribution in [0.5, 0.6) is 11.5 Å². The molecule has 0 aromatic heterocycles. The third kappa shape index (κ3) is 5.35. The van der Waals surface area contributed by atoms with Gasteiger partial charge in [0.2, 0.25) is 0 Å². The lowest BCUT2D eigenvalue weighted by molar-refractivity contribution is -0.123. The third-order valence-corrected chi connectivity index (χ3v) is 4.14. The minimum Gasteiger partial charge on any atom is -0.496 e. The minimum absolute atomic E-state index is 0.130. The molecule has 126 valence electrons. The molecule has 5 nitrogen and oxygen atoms in total. The third-order valence-electron chi connectivity index (χ3n) is 3.03. The molecule has 2 rings (SSSR count). The Kier molecular flexibility index (Phi) is 6.81. The zero-order valence-corrected chi connectivity index (χ0v) is 16.3. The van der Waals surface area contributed by atoms with E-state index in [4.69, 9.17) is 9.47 Å². The van der Waals surface area contributed by atoms with Crippen molar-refractivity contribution < 1.29 is 14.3 Å². The van der Waals surface area contributed by atoms with Gasteiger partial charge in [-0.1, -0.05) is 22.0 Å². The largest absolute Gasteiger partial charge is 0.496 e. The standard InChI is InChI=1S/C17H16Br2N2O3/c1-11-3-5-16(14(19)7-11)24-10-17(22)21-20-9-12-8-13(18)4-6-15(12)23-2/h3-9H,10H2,1-2H3,(H,21,22)/b20-9+. The number of aryl methyl sites for hydroxylation is 1. The van der Waals surface area contributed by atoms with Crippen molar-refractivity contribution in [3.8, 4) is 11.5 Å². The van der Waals surface area contributed by atoms with Crippen LogP contribution in [-0.4, -0.2) is 25.8 Å². The van der Waals surface area contributed by atoms with Crippen molar-refractivity contribution in [1.29, 1.82) is 0 Å². The second-order valence-electron chi connectivity index (χ2n) is 4.90. The molecule has 1 N–H and O–H groups in total. The highest BCUT2D eigenvalue weighted by atomic mass is 79.9. The summed E-state index contributed by atoms with van der Waals surface area (Å²) in [6.07, 6.45) is 1.52. The van der Waals surface area contributed by atoms with Crippen molar-refractivity contribution in [2.75, 3.05) is 13.7 Å². The molecule has 2 aromatic carbocycles. The quantitative estimate of drug-likeness (QED) is 0.527. The van der Waals surface area contributed by atoms with Crippen LogP contribution in [0.3, 0.4) is 0 Å². The summed E-state index contributed by atoms with van der Waals surface area (Å²) in [5.41, 5.74) is 4.27. The number of nitrogens with zero attached hydrogens (tertiary/aromatic N) is 1. The number of methoxy groups -OCH3 is 1. The molecule has 0 heterocycles. The Balaban J connectivity index is 1.90. The second-order valence-corrected chi connectivity index (χ2v) is 6.67. The van der Waals surface area contributed by atoms with Gasteiger partial charge in [-0.25, -0.2) is 5.43 Å². The van der Waals surface area contributed by atoms with Gasteiger partial charge in [0.15, 0.2) is 6.61 Å². The topological polar surface area (TPSA) is 59.9 Å². The first-order valence-electron chi connectivity index (χ1n) is 7.04. The summed E-state index contributed by atoms with van der Waals surface area (Å²) in [5.74, 6) is 0.914. The number of amides is 1. The Morgan fingerprint density at radius 1 is 1.21 bits per heavy atom. The van der Waals surface area contributed by atoms with E-state index in [-0.39, 0.29) is 12.5 Å². The van der Waals surface area contributed by atoms with Gasteiger partial charge in [0.05, 0.1) is 17.8 Å². The average molecular weight is 456 g/mol. The number of halogens is 2. The molecule has 0 spiro atoms. The van der Waals surface area contributed by atoms with Crippen LogP contribution in [0.4, 0.5) is 0 Å². The normalized spacial score (nSPS) is 10.7. The predicted molar refractivity (Wildman–Crippen MR) is 101 cm³/mol. The number of benzene rings is 2. The molecule has 7 heteroatoms. The highest BCUT2D eigenvalue weighted by molar-refractivity contribution is 9.10. The predicted octanol–water partition coefficient (Wildman–Crippen LogP) is 4.06. The lowest BCUT2D eigenvalue weighted by Gasteiger charge is -2.08. The van der Waals surface area contributed by atoms with Crippen LogP contribution in [0.25, 0.3) is 0 Å². The fraction of sp³-hybridized carbons (Fsp3) is 0.176. The van der Waals surface area contributed by atoms with Gasteiger partial charge < -0.3 is 9.47 Å². The first kappa shape index (κ1) is 18.5. The van der Waals surface area contributed by atoms with Crippen molar-refractivity contribution in [1.82, 2.24) is 5.43 Å². The SMILES string of the molecule is COc1ccc(Br)cc1/C=N/NC(=O)COc1ccc(C)cc1Br. The first-order valence-corrected chi connectivity index (χ1v) is 8.62. The van der Waals surface area contributed by atoms with Crippen LogP contribution in [0.2, 0.25) is 0 Å². The van der Waals surface area contributed by atoms with Gasteiger partial charge in [-0.05, 0) is 58.7 Å². The Morgan fingerprint density at radius 3 is 2.67 bits per heavy atom. The van der Waals surface area contributed by atoms with Gasteiger partial charge in [0.25, 0.3) is 5.91 Å². The molecule has 0 fully saturated rings. The molecular weight excluding hydrogens is 440 g/mol. The van der Waals surface area contributed by atoms with E-state index < -0.39 is 0 Å². The lowest BCUT2D eigenvalue weighted by Crippen LogP contribution is -2.24. The molecule has 0 atom stereocenters. The first-order chi connectivity index (χ1) is 11.5. The van der Waals surface area contributed by atoms with E-state index >= 15 is 0 Å². The van der Waals surface area contributed by atoms with Crippen LogP contribution in [-0.2, 0) is 4.79 Å². The second kappa shape index (κ2) is 8.84. The number of nitrogens with one attached hydrogen (secondary N) is 1. The molecule has 0 saturated heterocycles. The molecule has 0 radical (unpaired) electrons. The summed E-state index contributed by atoms with van der Waals surface area (Å²) in [5, 5.41) is 3.92. The highest BCUT2D eigenvalue weighted by Gasteiger charge is 2.05. The number of hydrazone groups is 1. The van der Waals surface area contributed by atoms with Crippen molar-refractivity contribution in [3.05, 3.63) is 56.5 Å². The summed E-state index contributed by atoms with van der Waals surface area (Å²) in [7, 11) is 1.58. The smallest absolute Gasteiger partial charge is 0.277 e. The van der Waals surface area contributed by atoms with Crippen LogP contribution in [0.15, 0.2) is 50.4 Å².